The molecule has 0 aliphatic heterocycles. The molecule has 0 aromatic heterocycles. The van der Waals surface area contributed by atoms with Gasteiger partial charge in [0, 0.05) is 34.9 Å². The Morgan fingerprint density at radius 2 is 1.38 bits per heavy atom. The standard InChI is InChI=1S/C21H30O3S.Na/c1-2-3-4-5-6-7-8-9-10-14-19-17-16-18-13-11-12-15-20(18)21(19)25(22,23)24;/h11-13,15-17H,2-10,14H2,1H3,(H,22,23,24);. The second-order valence-electron chi connectivity index (χ2n) is 6.83. The molecule has 2 aromatic carbocycles. The van der Waals surface area contributed by atoms with Crippen molar-refractivity contribution in [1.82, 2.24) is 0 Å². The van der Waals surface area contributed by atoms with Gasteiger partial charge in [0.15, 0.2) is 0 Å². The van der Waals surface area contributed by atoms with E-state index in [-0.39, 0.29) is 34.5 Å². The second-order valence-corrected chi connectivity index (χ2v) is 8.19. The molecule has 2 aromatic rings. The zero-order valence-electron chi connectivity index (χ0n) is 16.2. The van der Waals surface area contributed by atoms with Crippen LogP contribution in [0.5, 0.6) is 0 Å². The zero-order valence-corrected chi connectivity index (χ0v) is 19.0. The van der Waals surface area contributed by atoms with Gasteiger partial charge in [-0.2, -0.15) is 8.42 Å². The summed E-state index contributed by atoms with van der Waals surface area (Å²) in [6, 6.07) is 11.1. The van der Waals surface area contributed by atoms with E-state index in [9.17, 15) is 13.0 Å². The molecule has 0 fully saturated rings. The monoisotopic (exact) mass is 385 g/mol. The van der Waals surface area contributed by atoms with E-state index < -0.39 is 10.1 Å². The van der Waals surface area contributed by atoms with Crippen molar-refractivity contribution in [3.63, 3.8) is 0 Å². The molecule has 139 valence electrons. The SMILES string of the molecule is CCCCCCCCCCCc1ccc2ccccc2c1S(=O)(=O)O.[Na]. The Morgan fingerprint density at radius 3 is 2.00 bits per heavy atom. The summed E-state index contributed by atoms with van der Waals surface area (Å²) in [7, 11) is -4.22. The van der Waals surface area contributed by atoms with Crippen molar-refractivity contribution in [1.29, 1.82) is 0 Å². The molecule has 1 N–H and O–H groups in total. The van der Waals surface area contributed by atoms with Gasteiger partial charge in [0.05, 0.1) is 0 Å². The van der Waals surface area contributed by atoms with Gasteiger partial charge < -0.3 is 0 Å². The Kier molecular flexibility index (Phi) is 11.0. The maximum atomic E-state index is 11.9. The molecule has 0 unspecified atom stereocenters. The van der Waals surface area contributed by atoms with Crippen LogP contribution in [0.2, 0.25) is 0 Å². The molecule has 1 radical (unpaired) electrons. The van der Waals surface area contributed by atoms with Gasteiger partial charge in [-0.1, -0.05) is 94.7 Å². The van der Waals surface area contributed by atoms with Gasteiger partial charge in [0.25, 0.3) is 10.1 Å². The topological polar surface area (TPSA) is 54.4 Å². The van der Waals surface area contributed by atoms with Gasteiger partial charge in [-0.3, -0.25) is 4.55 Å². The Hall–Kier alpha value is -0.390. The normalized spacial score (nSPS) is 11.5. The molecule has 3 nitrogen and oxygen atoms in total. The minimum absolute atomic E-state index is 0. The number of hydrogen-bond donors (Lipinski definition) is 1. The van der Waals surface area contributed by atoms with Crippen molar-refractivity contribution >= 4 is 50.4 Å². The summed E-state index contributed by atoms with van der Waals surface area (Å²) in [5.41, 5.74) is 0.726. The van der Waals surface area contributed by atoms with Gasteiger partial charge in [-0.25, -0.2) is 0 Å². The van der Waals surface area contributed by atoms with E-state index in [4.69, 9.17) is 0 Å². The molecule has 2 rings (SSSR count). The van der Waals surface area contributed by atoms with Crippen LogP contribution in [0, 0.1) is 0 Å². The minimum Gasteiger partial charge on any atom is -0.282 e. The molecule has 0 saturated carbocycles. The molecule has 0 atom stereocenters. The van der Waals surface area contributed by atoms with Gasteiger partial charge in [-0.05, 0) is 23.8 Å². The van der Waals surface area contributed by atoms with Gasteiger partial charge in [0.1, 0.15) is 4.90 Å². The molecule has 0 spiro atoms. The number of fused-ring (bicyclic) bond motifs is 1. The van der Waals surface area contributed by atoms with Crippen LogP contribution in [0.1, 0.15) is 70.3 Å². The summed E-state index contributed by atoms with van der Waals surface area (Å²) in [5, 5.41) is 1.45. The van der Waals surface area contributed by atoms with Gasteiger partial charge >= 0.3 is 0 Å². The number of rotatable bonds is 11. The van der Waals surface area contributed by atoms with Crippen LogP contribution < -0.4 is 0 Å². The Morgan fingerprint density at radius 1 is 0.808 bits per heavy atom. The fraction of sp³-hybridized carbons (Fsp3) is 0.524. The Labute approximate surface area is 180 Å². The third kappa shape index (κ3) is 7.32. The van der Waals surface area contributed by atoms with Crippen molar-refractivity contribution in [2.24, 2.45) is 0 Å². The number of hydrogen-bond acceptors (Lipinski definition) is 2. The zero-order chi connectivity index (χ0) is 18.1. The summed E-state index contributed by atoms with van der Waals surface area (Å²) >= 11 is 0. The molecule has 0 heterocycles. The average molecular weight is 386 g/mol. The summed E-state index contributed by atoms with van der Waals surface area (Å²) in [6.07, 6.45) is 11.8. The molecule has 0 saturated heterocycles. The van der Waals surface area contributed by atoms with Crippen molar-refractivity contribution in [3.05, 3.63) is 42.0 Å². The van der Waals surface area contributed by atoms with Crippen molar-refractivity contribution in [2.45, 2.75) is 76.0 Å². The van der Waals surface area contributed by atoms with Crippen LogP contribution in [0.15, 0.2) is 41.3 Å². The van der Waals surface area contributed by atoms with Gasteiger partial charge in [-0.15, -0.1) is 0 Å². The predicted octanol–water partition coefficient (Wildman–Crippen LogP) is 5.78. The first kappa shape index (κ1) is 23.6. The van der Waals surface area contributed by atoms with Crippen LogP contribution in [0.3, 0.4) is 0 Å². The smallest absolute Gasteiger partial charge is 0.282 e. The Bertz CT molecular complexity index is 772. The van der Waals surface area contributed by atoms with E-state index in [1.165, 1.54) is 44.9 Å². The molecule has 26 heavy (non-hydrogen) atoms. The van der Waals surface area contributed by atoms with E-state index in [2.05, 4.69) is 6.92 Å². The average Bonchev–Trinajstić information content (AvgIpc) is 2.59. The van der Waals surface area contributed by atoms with E-state index in [0.29, 0.717) is 11.8 Å². The molecule has 0 aliphatic rings. The number of aryl methyl sites for hydroxylation is 1. The summed E-state index contributed by atoms with van der Waals surface area (Å²) < 4.78 is 33.5. The first-order chi connectivity index (χ1) is 12.0. The van der Waals surface area contributed by atoms with Crippen molar-refractivity contribution in [2.75, 3.05) is 0 Å². The van der Waals surface area contributed by atoms with Crippen LogP contribution >= 0.6 is 0 Å². The fourth-order valence-corrected chi connectivity index (χ4v) is 4.38. The van der Waals surface area contributed by atoms with E-state index in [1.807, 2.05) is 24.3 Å². The first-order valence-electron chi connectivity index (χ1n) is 9.52. The minimum atomic E-state index is -4.22. The van der Waals surface area contributed by atoms with Crippen molar-refractivity contribution < 1.29 is 13.0 Å². The third-order valence-corrected chi connectivity index (χ3v) is 5.77. The summed E-state index contributed by atoms with van der Waals surface area (Å²) in [4.78, 5) is 0.0881. The third-order valence-electron chi connectivity index (χ3n) is 4.77. The molecular weight excluding hydrogens is 355 g/mol. The molecular formula is C21H30NaO3S. The van der Waals surface area contributed by atoms with E-state index >= 15 is 0 Å². The molecule has 0 aliphatic carbocycles. The van der Waals surface area contributed by atoms with Crippen LogP contribution in [-0.2, 0) is 16.5 Å². The predicted molar refractivity (Wildman–Crippen MR) is 110 cm³/mol. The second kappa shape index (κ2) is 12.1. The fourth-order valence-electron chi connectivity index (χ4n) is 3.42. The Balaban J connectivity index is 0.00000338. The van der Waals surface area contributed by atoms with E-state index in [0.717, 1.165) is 23.8 Å². The molecule has 0 bridgehead atoms. The molecule has 5 heteroatoms. The van der Waals surface area contributed by atoms with Crippen LogP contribution in [-0.4, -0.2) is 42.5 Å². The summed E-state index contributed by atoms with van der Waals surface area (Å²) in [6.45, 7) is 2.23. The number of unbranched alkanes of at least 4 members (excludes halogenated alkanes) is 8. The van der Waals surface area contributed by atoms with Crippen LogP contribution in [0.4, 0.5) is 0 Å². The van der Waals surface area contributed by atoms with Crippen molar-refractivity contribution in [3.8, 4) is 0 Å². The molecule has 0 amide bonds. The van der Waals surface area contributed by atoms with E-state index in [1.54, 1.807) is 12.1 Å². The number of benzene rings is 2. The quantitative estimate of drug-likeness (QED) is 0.303. The maximum Gasteiger partial charge on any atom is 0.295 e. The van der Waals surface area contributed by atoms with Gasteiger partial charge in [0.2, 0.25) is 0 Å². The largest absolute Gasteiger partial charge is 0.295 e. The first-order valence-corrected chi connectivity index (χ1v) is 11.0. The summed E-state index contributed by atoms with van der Waals surface area (Å²) in [5.74, 6) is 0. The van der Waals surface area contributed by atoms with Crippen LogP contribution in [0.25, 0.3) is 10.8 Å². The maximum absolute atomic E-state index is 11.9.